The summed E-state index contributed by atoms with van der Waals surface area (Å²) in [5.41, 5.74) is 17.2. The second kappa shape index (κ2) is 53.3. The monoisotopic (exact) mass is 2330 g/mol. The third-order valence-corrected chi connectivity index (χ3v) is 29.5. The van der Waals surface area contributed by atoms with Gasteiger partial charge in [-0.05, 0) is 377 Å². The normalized spacial score (nSPS) is 21.0. The molecule has 25 nitrogen and oxygen atoms in total. The molecule has 10 aliphatic rings. The van der Waals surface area contributed by atoms with E-state index < -0.39 is 123 Å². The van der Waals surface area contributed by atoms with Crippen LogP contribution in [0, 0.1) is 85.2 Å². The molecule has 17 rings (SSSR count). The van der Waals surface area contributed by atoms with Crippen molar-refractivity contribution in [1.82, 2.24) is 40.3 Å². The van der Waals surface area contributed by atoms with Gasteiger partial charge < -0.3 is 94.2 Å². The van der Waals surface area contributed by atoms with Crippen LogP contribution in [0.5, 0.6) is 0 Å². The van der Waals surface area contributed by atoms with E-state index in [0.717, 1.165) is 134 Å². The maximum absolute atomic E-state index is 12.7. The maximum Gasteiger partial charge on any atom is 0.495 e. The number of nitrogens with zero attached hydrogens (tertiary/aromatic N) is 8. The van der Waals surface area contributed by atoms with E-state index in [9.17, 15) is 71.5 Å². The van der Waals surface area contributed by atoms with Crippen LogP contribution in [-0.4, -0.2) is 245 Å². The Morgan fingerprint density at radius 3 is 1.06 bits per heavy atom. The number of carbonyl (C=O) groups is 3. The average Bonchev–Trinajstić information content (AvgIpc) is 1.62. The molecule has 148 heavy (non-hydrogen) atoms. The summed E-state index contributed by atoms with van der Waals surface area (Å²) in [6.45, 7) is 49.2. The zero-order chi connectivity index (χ0) is 108. The van der Waals surface area contributed by atoms with Crippen LogP contribution in [0.25, 0.3) is 11.1 Å². The highest BCUT2D eigenvalue weighted by Crippen LogP contribution is 2.43. The number of aryl methyl sites for hydroxylation is 7. The number of rotatable bonds is 13. The lowest BCUT2D eigenvalue weighted by Gasteiger charge is -2.32. The lowest BCUT2D eigenvalue weighted by atomic mass is 9.76. The third kappa shape index (κ3) is 38.1. The summed E-state index contributed by atoms with van der Waals surface area (Å²) < 4.78 is 210. The summed E-state index contributed by atoms with van der Waals surface area (Å²) in [6, 6.07) is 32.7. The van der Waals surface area contributed by atoms with Crippen LogP contribution >= 0.6 is 57.6 Å². The zero-order valence-electron chi connectivity index (χ0n) is 88.2. The van der Waals surface area contributed by atoms with Gasteiger partial charge in [0.1, 0.15) is 11.6 Å². The Hall–Kier alpha value is -7.83. The van der Waals surface area contributed by atoms with Crippen molar-refractivity contribution in [3.63, 3.8) is 0 Å². The molecule has 818 valence electrons. The van der Waals surface area contributed by atoms with Crippen molar-refractivity contribution in [2.24, 2.45) is 23.7 Å². The molecular formula is C104H145B3ClF13I2N14O11. The van der Waals surface area contributed by atoms with Gasteiger partial charge in [0, 0.05) is 144 Å². The van der Waals surface area contributed by atoms with Crippen LogP contribution in [0.4, 0.5) is 106 Å². The van der Waals surface area contributed by atoms with Crippen molar-refractivity contribution in [3.05, 3.63) is 162 Å². The van der Waals surface area contributed by atoms with E-state index >= 15 is 0 Å². The van der Waals surface area contributed by atoms with Crippen LogP contribution in [-0.2, 0) is 37.4 Å². The quantitative estimate of drug-likeness (QED) is 0.0206. The van der Waals surface area contributed by atoms with Crippen molar-refractivity contribution in [2.75, 3.05) is 150 Å². The number of benzene rings is 4. The van der Waals surface area contributed by atoms with Gasteiger partial charge in [-0.15, -0.1) is 12.4 Å². The molecule has 4 aromatic carbocycles. The number of carbonyl (C=O) groups excluding carboxylic acids is 3. The molecule has 10 saturated heterocycles. The van der Waals surface area contributed by atoms with Crippen molar-refractivity contribution >= 4 is 148 Å². The Balaban J connectivity index is 0.000000197. The minimum atomic E-state index is -4.20. The zero-order valence-corrected chi connectivity index (χ0v) is 93.3. The van der Waals surface area contributed by atoms with Crippen LogP contribution < -0.4 is 58.5 Å². The highest BCUT2D eigenvalue weighted by Gasteiger charge is 2.55. The third-order valence-electron chi connectivity index (χ3n) is 28.3. The highest BCUT2D eigenvalue weighted by atomic mass is 127. The van der Waals surface area contributed by atoms with Gasteiger partial charge in [0.05, 0.1) is 60.0 Å². The molecule has 10 fully saturated rings. The van der Waals surface area contributed by atoms with E-state index in [0.29, 0.717) is 82.1 Å². The van der Waals surface area contributed by atoms with Crippen LogP contribution in [0.2, 0.25) is 0 Å². The molecule has 0 radical (unpaired) electrons. The molecule has 0 bridgehead atoms. The molecule has 10 aliphatic heterocycles. The number of pyridine rings is 3. The van der Waals surface area contributed by atoms with Gasteiger partial charge in [-0.1, -0.05) is 47.4 Å². The summed E-state index contributed by atoms with van der Waals surface area (Å²) >= 11 is 4.38. The Kier molecular flexibility index (Phi) is 44.6. The molecule has 4 atom stereocenters. The molecule has 13 heterocycles. The Morgan fingerprint density at radius 2 is 0.730 bits per heavy atom. The first-order valence-electron chi connectivity index (χ1n) is 50.2. The number of morpholine rings is 2. The van der Waals surface area contributed by atoms with E-state index in [1.807, 2.05) is 158 Å². The first-order valence-corrected chi connectivity index (χ1v) is 52.3. The standard InChI is InChI=1S/C24H29F3N4O2.2C20H28BF3N2O3.C13H20BNO2.C10H13IN2O.C6H10F3N.C6H5FIN.C5H11N.ClH/c1-16-3-4-20(29-23(32)31-6-5-18(15-31)14-24(25,26)27)13-21(16)19-11-17(2)28-22(12-19)30-7-9-33-10-8-30;2*1-13-6-7-15(10-16(13)21-28-18(2,3)19(4,5)29-21)25-17(27)26-9-8-14(12-26)11-20(22,23)24;1-9-6-7-10(15)8-11(9)14-16-12(2,3)13(4,5)17-14;1-8-6-9(11)7-10(12-8)13-2-4-14-5-3-13;7-6(8,9)3-5-1-2-10-4-5;1-4-2-5(8)3-6(7)9-4;1-2-4-6-5-3-1;/h3-4,11-13,18H,5-10,14-15H2,1-2H3,(H,29,32);2*6-7,10,14H,8-9,11-12H2,1-5H3,(H,25,27);6-8H,15H2,1-5H3;6-7H,2-5H2,1H3;5,10H,1-4H2;2-3H,1H3;6H,1-5H2;1H/t18-;2*14-;;;5-;;;/m000..0.../s1. The molecule has 7 aromatic rings. The summed E-state index contributed by atoms with van der Waals surface area (Å²) in [4.78, 5) is 59.3. The summed E-state index contributed by atoms with van der Waals surface area (Å²) in [7, 11) is -1.44. The molecule has 0 spiro atoms. The number of piperidine rings is 1. The topological polar surface area (TPSA) is 266 Å². The number of urea groups is 3. The predicted octanol–water partition coefficient (Wildman–Crippen LogP) is 21.8. The summed E-state index contributed by atoms with van der Waals surface area (Å²) in [5.74, 6) is -0.229. The van der Waals surface area contributed by atoms with Crippen molar-refractivity contribution < 1.29 is 109 Å². The van der Waals surface area contributed by atoms with Gasteiger partial charge in [0.25, 0.3) is 0 Å². The van der Waals surface area contributed by atoms with Gasteiger partial charge in [-0.2, -0.15) is 57.1 Å². The Morgan fingerprint density at radius 1 is 0.399 bits per heavy atom. The number of amides is 6. The number of ether oxygens (including phenoxy) is 2. The van der Waals surface area contributed by atoms with Crippen LogP contribution in [0.3, 0.4) is 0 Å². The SMILES string of the molecule is C1CCNCC1.Cc1cc(-c2cc(NC(=O)N3CC[C@@H](CC(F)(F)F)C3)ccc2C)cc(N2CCOCC2)n1.Cc1cc(I)cc(F)n1.Cc1cc(I)cc(N2CCOCC2)n1.Cc1ccc(N)cc1B1OC(C)(C)C(C)(C)O1.Cc1ccc(NC(=O)N2CC[C@@H](CC(F)(F)F)C2)cc1B1OC(C)(C)C(C)(C)O1.Cc1ccc(NC(=O)N2CC[C@@H](CC(F)(F)F)C2)cc1B1OC(C)(C)C(C)(C)O1.Cl.FC(F)(F)C[C@@H]1CCNC1. The Bertz CT molecular complexity index is 5250. The predicted molar refractivity (Wildman–Crippen MR) is 577 cm³/mol. The largest absolute Gasteiger partial charge is 0.495 e. The van der Waals surface area contributed by atoms with Gasteiger partial charge in [-0.25, -0.2) is 29.3 Å². The Labute approximate surface area is 897 Å². The minimum absolute atomic E-state index is 0. The van der Waals surface area contributed by atoms with E-state index in [4.69, 9.17) is 43.1 Å². The van der Waals surface area contributed by atoms with Gasteiger partial charge in [-0.3, -0.25) is 0 Å². The molecular weight excluding hydrogens is 2190 g/mol. The van der Waals surface area contributed by atoms with Crippen LogP contribution in [0.1, 0.15) is 193 Å². The summed E-state index contributed by atoms with van der Waals surface area (Å²) in [6.07, 6.45) is -13.8. The number of alkyl halides is 12. The molecule has 44 heteroatoms. The van der Waals surface area contributed by atoms with E-state index in [1.54, 1.807) is 31.2 Å². The number of halogens is 16. The van der Waals surface area contributed by atoms with Gasteiger partial charge >= 0.3 is 64.2 Å². The number of nitrogen functional groups attached to an aromatic ring is 1. The first kappa shape index (κ1) is 124. The molecule has 0 saturated carbocycles. The lowest BCUT2D eigenvalue weighted by Crippen LogP contribution is -2.41. The van der Waals surface area contributed by atoms with E-state index in [-0.39, 0.29) is 62.3 Å². The lowest BCUT2D eigenvalue weighted by molar-refractivity contribution is -0.144. The second-order valence-corrected chi connectivity index (χ2v) is 44.7. The number of anilines is 6. The fourth-order valence-electron chi connectivity index (χ4n) is 17.8. The average molecular weight is 2340 g/mol. The summed E-state index contributed by atoms with van der Waals surface area (Å²) in [5, 5.41) is 14.6. The van der Waals surface area contributed by atoms with Gasteiger partial charge in [0.2, 0.25) is 5.95 Å². The molecule has 0 aliphatic carbocycles. The van der Waals surface area contributed by atoms with E-state index in [2.05, 4.69) is 142 Å². The van der Waals surface area contributed by atoms with Crippen molar-refractivity contribution in [2.45, 2.75) is 260 Å². The highest BCUT2D eigenvalue weighted by molar-refractivity contribution is 14.1. The number of likely N-dealkylation sites (tertiary alicyclic amines) is 3. The fraction of sp³-hybridized carbons (Fsp3) is 0.596. The minimum Gasteiger partial charge on any atom is -0.399 e. The number of aromatic nitrogens is 3. The van der Waals surface area contributed by atoms with Crippen molar-refractivity contribution in [1.29, 1.82) is 0 Å². The number of hydrogen-bond acceptors (Lipinski definition) is 19. The smallest absolute Gasteiger partial charge is 0.399 e. The maximum atomic E-state index is 12.7. The molecule has 3 aromatic heterocycles. The second-order valence-electron chi connectivity index (χ2n) is 42.2. The number of nitrogens with one attached hydrogen (secondary N) is 5. The molecule has 7 N–H and O–H groups in total. The fourth-order valence-corrected chi connectivity index (χ4v) is 19.3. The molecule has 0 unspecified atom stereocenters. The first-order chi connectivity index (χ1) is 68.5. The number of hydrogen-bond donors (Lipinski definition) is 6. The van der Waals surface area contributed by atoms with Gasteiger partial charge in [0.15, 0.2) is 0 Å². The van der Waals surface area contributed by atoms with Crippen LogP contribution in [0.15, 0.2) is 109 Å². The number of nitrogens with two attached hydrogens (primary N) is 1. The van der Waals surface area contributed by atoms with Crippen molar-refractivity contribution in [3.8, 4) is 11.1 Å². The molecule has 6 amide bonds. The van der Waals surface area contributed by atoms with E-state index in [1.165, 1.54) is 56.7 Å².